The molecule has 2 aliphatic rings. The van der Waals surface area contributed by atoms with Crippen molar-refractivity contribution in [2.45, 2.75) is 19.4 Å². The SMILES string of the molecule is COc1cc2c(c(O)c1C(=O)/C=C/c1ccccc1N1CCN(C)CC1)C=CC(C)(C)O2. The minimum absolute atomic E-state index is 0.131. The van der Waals surface area contributed by atoms with Crippen LogP contribution in [-0.4, -0.2) is 61.7 Å². The van der Waals surface area contributed by atoms with E-state index in [0.717, 1.165) is 37.4 Å². The van der Waals surface area contributed by atoms with Crippen molar-refractivity contribution in [1.82, 2.24) is 4.90 Å². The summed E-state index contributed by atoms with van der Waals surface area (Å²) in [4.78, 5) is 17.8. The molecule has 4 rings (SSSR count). The average Bonchev–Trinajstić information content (AvgIpc) is 2.77. The van der Waals surface area contributed by atoms with Crippen LogP contribution in [0.25, 0.3) is 12.2 Å². The van der Waals surface area contributed by atoms with Crippen molar-refractivity contribution in [3.05, 3.63) is 59.2 Å². The van der Waals surface area contributed by atoms with Crippen LogP contribution >= 0.6 is 0 Å². The fourth-order valence-corrected chi connectivity index (χ4v) is 4.10. The zero-order valence-electron chi connectivity index (χ0n) is 19.1. The second-order valence-corrected chi connectivity index (χ2v) is 8.80. The Balaban J connectivity index is 1.64. The molecule has 6 heteroatoms. The molecule has 0 atom stereocenters. The number of piperazine rings is 1. The Kier molecular flexibility index (Phi) is 5.98. The lowest BCUT2D eigenvalue weighted by Crippen LogP contribution is -2.44. The fourth-order valence-electron chi connectivity index (χ4n) is 4.10. The normalized spacial score (nSPS) is 17.8. The van der Waals surface area contributed by atoms with Crippen molar-refractivity contribution >= 4 is 23.6 Å². The van der Waals surface area contributed by atoms with Crippen LogP contribution in [0.2, 0.25) is 0 Å². The predicted molar refractivity (Wildman–Crippen MR) is 128 cm³/mol. The van der Waals surface area contributed by atoms with Crippen LogP contribution in [0, 0.1) is 0 Å². The number of aromatic hydroxyl groups is 1. The molecule has 0 bridgehead atoms. The van der Waals surface area contributed by atoms with Crippen LogP contribution in [0.3, 0.4) is 0 Å². The molecule has 0 amide bonds. The van der Waals surface area contributed by atoms with Gasteiger partial charge in [-0.05, 0) is 56.8 Å². The number of likely N-dealkylation sites (N-methyl/N-ethyl adjacent to an activating group) is 1. The van der Waals surface area contributed by atoms with E-state index >= 15 is 0 Å². The maximum absolute atomic E-state index is 13.2. The van der Waals surface area contributed by atoms with Crippen molar-refractivity contribution in [3.63, 3.8) is 0 Å². The van der Waals surface area contributed by atoms with Crippen LogP contribution < -0.4 is 14.4 Å². The number of allylic oxidation sites excluding steroid dienone is 1. The molecule has 6 nitrogen and oxygen atoms in total. The summed E-state index contributed by atoms with van der Waals surface area (Å²) in [6.07, 6.45) is 6.95. The van der Waals surface area contributed by atoms with E-state index in [2.05, 4.69) is 22.9 Å². The molecule has 0 unspecified atom stereocenters. The molecule has 0 aliphatic carbocycles. The summed E-state index contributed by atoms with van der Waals surface area (Å²) >= 11 is 0. The smallest absolute Gasteiger partial charge is 0.193 e. The van der Waals surface area contributed by atoms with Crippen molar-refractivity contribution in [1.29, 1.82) is 0 Å². The molecule has 2 aromatic carbocycles. The molecule has 2 aliphatic heterocycles. The molecule has 1 saturated heterocycles. The molecular formula is C26H30N2O4. The minimum atomic E-state index is -0.497. The lowest BCUT2D eigenvalue weighted by Gasteiger charge is -2.34. The van der Waals surface area contributed by atoms with Crippen LogP contribution in [-0.2, 0) is 0 Å². The summed E-state index contributed by atoms with van der Waals surface area (Å²) in [5.74, 6) is 0.323. The molecule has 0 aromatic heterocycles. The Labute approximate surface area is 189 Å². The van der Waals surface area contributed by atoms with Gasteiger partial charge in [-0.15, -0.1) is 0 Å². The number of hydrogen-bond donors (Lipinski definition) is 1. The molecule has 2 aromatic rings. The van der Waals surface area contributed by atoms with E-state index in [9.17, 15) is 9.90 Å². The summed E-state index contributed by atoms with van der Waals surface area (Å²) < 4.78 is 11.4. The standard InChI is InChI=1S/C26H30N2O4/c1-26(2)12-11-19-22(32-26)17-23(31-4)24(25(19)30)21(29)10-9-18-7-5-6-8-20(18)28-15-13-27(3)14-16-28/h5-12,17,30H,13-16H2,1-4H3/b10-9+. The number of anilines is 1. The molecule has 0 spiro atoms. The number of phenols is 1. The van der Waals surface area contributed by atoms with Crippen molar-refractivity contribution in [2.24, 2.45) is 0 Å². The summed E-state index contributed by atoms with van der Waals surface area (Å²) in [5, 5.41) is 10.9. The Hall–Kier alpha value is -3.25. The van der Waals surface area contributed by atoms with E-state index in [-0.39, 0.29) is 22.8 Å². The van der Waals surface area contributed by atoms with Crippen molar-refractivity contribution in [2.75, 3.05) is 45.2 Å². The third-order valence-corrected chi connectivity index (χ3v) is 5.95. The van der Waals surface area contributed by atoms with Gasteiger partial charge in [0.15, 0.2) is 5.78 Å². The first-order chi connectivity index (χ1) is 15.3. The fraction of sp³-hybridized carbons (Fsp3) is 0.346. The van der Waals surface area contributed by atoms with E-state index in [1.807, 2.05) is 44.2 Å². The molecule has 1 N–H and O–H groups in total. The van der Waals surface area contributed by atoms with Gasteiger partial charge in [0.05, 0.1) is 12.7 Å². The number of nitrogens with zero attached hydrogens (tertiary/aromatic N) is 2. The highest BCUT2D eigenvalue weighted by Crippen LogP contribution is 2.43. The molecule has 0 radical (unpaired) electrons. The quantitative estimate of drug-likeness (QED) is 0.561. The number of methoxy groups -OCH3 is 1. The zero-order valence-corrected chi connectivity index (χ0v) is 19.1. The number of benzene rings is 2. The molecule has 168 valence electrons. The van der Waals surface area contributed by atoms with Gasteiger partial charge < -0.3 is 24.4 Å². The Bertz CT molecular complexity index is 1080. The van der Waals surface area contributed by atoms with E-state index in [1.54, 1.807) is 12.1 Å². The van der Waals surface area contributed by atoms with Gasteiger partial charge in [0.1, 0.15) is 28.4 Å². The number of carbonyl (C=O) groups excluding carboxylic acids is 1. The topological polar surface area (TPSA) is 62.2 Å². The number of ether oxygens (including phenoxy) is 2. The highest BCUT2D eigenvalue weighted by atomic mass is 16.5. The average molecular weight is 435 g/mol. The van der Waals surface area contributed by atoms with Gasteiger partial charge in [0.2, 0.25) is 0 Å². The number of ketones is 1. The molecule has 1 fully saturated rings. The first-order valence-corrected chi connectivity index (χ1v) is 10.9. The molecule has 32 heavy (non-hydrogen) atoms. The largest absolute Gasteiger partial charge is 0.506 e. The molecular weight excluding hydrogens is 404 g/mol. The van der Waals surface area contributed by atoms with Gasteiger partial charge in [0.25, 0.3) is 0 Å². The Morgan fingerprint density at radius 2 is 1.91 bits per heavy atom. The van der Waals surface area contributed by atoms with Gasteiger partial charge in [-0.25, -0.2) is 0 Å². The highest BCUT2D eigenvalue weighted by Gasteiger charge is 2.28. The lowest BCUT2D eigenvalue weighted by molar-refractivity contribution is 0.104. The van der Waals surface area contributed by atoms with E-state index in [1.165, 1.54) is 13.2 Å². The number of phenolic OH excluding ortho intramolecular Hbond substituents is 1. The van der Waals surface area contributed by atoms with E-state index in [4.69, 9.17) is 9.47 Å². The Morgan fingerprint density at radius 3 is 2.62 bits per heavy atom. The lowest BCUT2D eigenvalue weighted by atomic mass is 9.97. The van der Waals surface area contributed by atoms with Crippen LogP contribution in [0.15, 0.2) is 42.5 Å². The first-order valence-electron chi connectivity index (χ1n) is 10.9. The number of carbonyl (C=O) groups is 1. The predicted octanol–water partition coefficient (Wildman–Crippen LogP) is 4.23. The second-order valence-electron chi connectivity index (χ2n) is 8.80. The van der Waals surface area contributed by atoms with Gasteiger partial charge in [-0.2, -0.15) is 0 Å². The number of fused-ring (bicyclic) bond motifs is 1. The summed E-state index contributed by atoms with van der Waals surface area (Å²) in [6, 6.07) is 9.72. The minimum Gasteiger partial charge on any atom is -0.506 e. The zero-order chi connectivity index (χ0) is 22.9. The van der Waals surface area contributed by atoms with Gasteiger partial charge in [-0.3, -0.25) is 4.79 Å². The summed E-state index contributed by atoms with van der Waals surface area (Å²) in [5.41, 5.74) is 2.19. The van der Waals surface area contributed by atoms with E-state index < -0.39 is 5.60 Å². The van der Waals surface area contributed by atoms with Gasteiger partial charge in [0, 0.05) is 37.9 Å². The van der Waals surface area contributed by atoms with E-state index in [0.29, 0.717) is 11.3 Å². The number of hydrogen-bond acceptors (Lipinski definition) is 6. The maximum atomic E-state index is 13.2. The van der Waals surface area contributed by atoms with Crippen LogP contribution in [0.1, 0.15) is 35.3 Å². The Morgan fingerprint density at radius 1 is 1.19 bits per heavy atom. The highest BCUT2D eigenvalue weighted by molar-refractivity contribution is 6.11. The van der Waals surface area contributed by atoms with Gasteiger partial charge >= 0.3 is 0 Å². The van der Waals surface area contributed by atoms with Crippen molar-refractivity contribution < 1.29 is 19.4 Å². The monoisotopic (exact) mass is 434 g/mol. The van der Waals surface area contributed by atoms with Gasteiger partial charge in [-0.1, -0.05) is 18.2 Å². The third-order valence-electron chi connectivity index (χ3n) is 5.95. The number of para-hydroxylation sites is 1. The summed E-state index contributed by atoms with van der Waals surface area (Å²) in [6.45, 7) is 7.74. The molecule has 2 heterocycles. The number of rotatable bonds is 5. The maximum Gasteiger partial charge on any atom is 0.193 e. The van der Waals surface area contributed by atoms with Crippen LogP contribution in [0.4, 0.5) is 5.69 Å². The first kappa shape index (κ1) is 22.0. The third kappa shape index (κ3) is 4.36. The van der Waals surface area contributed by atoms with Crippen molar-refractivity contribution in [3.8, 4) is 17.2 Å². The van der Waals surface area contributed by atoms with Crippen LogP contribution in [0.5, 0.6) is 17.2 Å². The second kappa shape index (κ2) is 8.71. The molecule has 0 saturated carbocycles. The summed E-state index contributed by atoms with van der Waals surface area (Å²) in [7, 11) is 3.61.